The minimum Gasteiger partial charge on any atom is -0.456 e. The average Bonchev–Trinajstić information content (AvgIpc) is 1.73. The summed E-state index contributed by atoms with van der Waals surface area (Å²) in [5.74, 6) is 0. The van der Waals surface area contributed by atoms with Crippen LogP contribution in [0.1, 0.15) is 0 Å². The van der Waals surface area contributed by atoms with Gasteiger partial charge >= 0.3 is 0 Å². The van der Waals surface area contributed by atoms with Crippen LogP contribution < -0.4 is 9.80 Å². The highest BCUT2D eigenvalue weighted by Crippen LogP contribution is 2.44. The number of hydrogen-bond acceptors (Lipinski definition) is 4. The quantitative estimate of drug-likeness (QED) is 0.114. The lowest BCUT2D eigenvalue weighted by atomic mass is 9.99. The summed E-state index contributed by atoms with van der Waals surface area (Å²) in [4.78, 5) is 4.72. The SMILES string of the molecule is c1ccc(-c2ccc(-c3ccc(N(c4ccc(-c5ccc6c(c5)oc5ccccc56)cc4)c4ccc5c(ccc6ccccc65)c4)cc3)cc2)cc1.c1ccc(-c2ccc(-c3ccc(N(c4ccc(-c5ccc6c(c5)sc5ccccc56)cc4)c4ccc5c(ccc6ccccc65)c4)cc3)cc2)cc1. The second kappa shape index (κ2) is 26.6. The van der Waals surface area contributed by atoms with E-state index >= 15 is 0 Å². The molecule has 2 heterocycles. The largest absolute Gasteiger partial charge is 0.456 e. The smallest absolute Gasteiger partial charge is 0.136 e. The third-order valence-electron chi connectivity index (χ3n) is 20.6. The Balaban J connectivity index is 0.000000143. The average molecular weight is 1340 g/mol. The van der Waals surface area contributed by atoms with Crippen molar-refractivity contribution >= 4 is 131 Å². The number of benzene rings is 18. The monoisotopic (exact) mass is 1340 g/mol. The van der Waals surface area contributed by atoms with E-state index in [1.54, 1.807) is 0 Å². The van der Waals surface area contributed by atoms with Gasteiger partial charge in [0.05, 0.1) is 0 Å². The molecule has 2 aromatic heterocycles. The molecule has 0 radical (unpaired) electrons. The first kappa shape index (κ1) is 61.7. The minimum absolute atomic E-state index is 0.905. The Kier molecular flexibility index (Phi) is 15.8. The van der Waals surface area contributed by atoms with Crippen LogP contribution in [0.2, 0.25) is 0 Å². The van der Waals surface area contributed by atoms with Crippen LogP contribution in [0.15, 0.2) is 405 Å². The fourth-order valence-corrected chi connectivity index (χ4v) is 16.3. The van der Waals surface area contributed by atoms with Gasteiger partial charge in [-0.05, 0) is 213 Å². The van der Waals surface area contributed by atoms with Crippen LogP contribution in [0, 0.1) is 0 Å². The molecule has 0 atom stereocenters. The van der Waals surface area contributed by atoms with E-state index in [0.29, 0.717) is 0 Å². The standard InChI is InChI=1S/C50H33NO.C50H33NS/c2*1-2-8-34(9-3-1)35-14-16-36(17-15-35)37-20-25-42(26-21-37)51(44-29-31-46-41(32-44)19-18-39-10-4-5-11-45(39)46)43-27-22-38(23-28-43)40-24-30-48-47-12-6-7-13-49(47)52-50(48)33-40/h2*1-33H. The lowest BCUT2D eigenvalue weighted by molar-refractivity contribution is 0.669. The normalized spacial score (nSPS) is 11.5. The van der Waals surface area contributed by atoms with Gasteiger partial charge in [0, 0.05) is 65.1 Å². The third-order valence-corrected chi connectivity index (χ3v) is 21.7. The van der Waals surface area contributed by atoms with Crippen molar-refractivity contribution in [2.45, 2.75) is 0 Å². The van der Waals surface area contributed by atoms with E-state index in [1.807, 2.05) is 23.5 Å². The highest BCUT2D eigenvalue weighted by molar-refractivity contribution is 7.25. The van der Waals surface area contributed by atoms with Crippen molar-refractivity contribution in [1.82, 2.24) is 0 Å². The number of furan rings is 1. The van der Waals surface area contributed by atoms with Gasteiger partial charge in [-0.1, -0.05) is 297 Å². The molecule has 0 spiro atoms. The molecule has 20 aromatic rings. The molecule has 4 heteroatoms. The Bertz CT molecular complexity index is 6140. The molecule has 0 aliphatic rings. The van der Waals surface area contributed by atoms with Crippen LogP contribution >= 0.6 is 11.3 Å². The van der Waals surface area contributed by atoms with E-state index in [9.17, 15) is 0 Å². The van der Waals surface area contributed by atoms with Crippen LogP contribution in [0.25, 0.3) is 152 Å². The van der Waals surface area contributed by atoms with Gasteiger partial charge in [0.15, 0.2) is 0 Å². The maximum Gasteiger partial charge on any atom is 0.136 e. The Morgan fingerprint density at radius 2 is 0.452 bits per heavy atom. The predicted octanol–water partition coefficient (Wildman–Crippen LogP) is 29.2. The molecule has 0 amide bonds. The van der Waals surface area contributed by atoms with Gasteiger partial charge in [-0.25, -0.2) is 0 Å². The zero-order valence-electron chi connectivity index (χ0n) is 56.8. The van der Waals surface area contributed by atoms with Crippen molar-refractivity contribution in [2.75, 3.05) is 9.80 Å². The van der Waals surface area contributed by atoms with E-state index in [0.717, 1.165) is 67.2 Å². The Morgan fingerprint density at radius 1 is 0.163 bits per heavy atom. The zero-order valence-corrected chi connectivity index (χ0v) is 57.6. The van der Waals surface area contributed by atoms with Crippen molar-refractivity contribution in [1.29, 1.82) is 0 Å². The molecule has 18 aromatic carbocycles. The summed E-state index contributed by atoms with van der Waals surface area (Å²) < 4.78 is 8.87. The molecular weight excluding hydrogens is 1280 g/mol. The van der Waals surface area contributed by atoms with Crippen LogP contribution in [0.4, 0.5) is 34.1 Å². The minimum atomic E-state index is 0.905. The van der Waals surface area contributed by atoms with Gasteiger partial charge in [0.1, 0.15) is 11.2 Å². The fraction of sp³-hybridized carbons (Fsp3) is 0. The summed E-state index contributed by atoms with van der Waals surface area (Å²) in [5.41, 5.74) is 22.9. The first-order valence-electron chi connectivity index (χ1n) is 35.5. The molecule has 20 rings (SSSR count). The summed E-state index contributed by atoms with van der Waals surface area (Å²) in [5, 5.41) is 15.0. The number of thiophene rings is 1. The first-order chi connectivity index (χ1) is 51.5. The van der Waals surface area contributed by atoms with Crippen LogP contribution in [0.3, 0.4) is 0 Å². The number of para-hydroxylation sites is 1. The highest BCUT2D eigenvalue weighted by atomic mass is 32.1. The van der Waals surface area contributed by atoms with E-state index < -0.39 is 0 Å². The molecule has 0 unspecified atom stereocenters. The van der Waals surface area contributed by atoms with Gasteiger partial charge in [-0.15, -0.1) is 11.3 Å². The molecule has 3 nitrogen and oxygen atoms in total. The summed E-state index contributed by atoms with van der Waals surface area (Å²) in [6.45, 7) is 0. The second-order valence-electron chi connectivity index (χ2n) is 26.7. The van der Waals surface area contributed by atoms with Gasteiger partial charge in [0.25, 0.3) is 0 Å². The van der Waals surface area contributed by atoms with E-state index in [4.69, 9.17) is 4.42 Å². The first-order valence-corrected chi connectivity index (χ1v) is 36.3. The Morgan fingerprint density at radius 3 is 0.913 bits per heavy atom. The number of anilines is 6. The van der Waals surface area contributed by atoms with Gasteiger partial charge in [-0.3, -0.25) is 0 Å². The molecule has 0 N–H and O–H groups in total. The fourth-order valence-electron chi connectivity index (χ4n) is 15.2. The van der Waals surface area contributed by atoms with Crippen LogP contribution in [-0.4, -0.2) is 0 Å². The zero-order chi connectivity index (χ0) is 68.9. The maximum absolute atomic E-state index is 6.21. The predicted molar refractivity (Wildman–Crippen MR) is 445 cm³/mol. The third kappa shape index (κ3) is 11.8. The van der Waals surface area contributed by atoms with Gasteiger partial charge in [-0.2, -0.15) is 0 Å². The van der Waals surface area contributed by atoms with Crippen molar-refractivity contribution in [3.05, 3.63) is 400 Å². The lowest BCUT2D eigenvalue weighted by Crippen LogP contribution is -2.09. The summed E-state index contributed by atoms with van der Waals surface area (Å²) >= 11 is 1.87. The molecule has 0 saturated heterocycles. The molecule has 0 fully saturated rings. The molecule has 0 aliphatic heterocycles. The van der Waals surface area contributed by atoms with Crippen molar-refractivity contribution < 1.29 is 4.42 Å². The summed E-state index contributed by atoms with van der Waals surface area (Å²) in [6.07, 6.45) is 0. The Hall–Kier alpha value is -13.4. The van der Waals surface area contributed by atoms with E-state index in [-0.39, 0.29) is 0 Å². The summed E-state index contributed by atoms with van der Waals surface area (Å²) in [6, 6.07) is 145. The molecule has 488 valence electrons. The van der Waals surface area contributed by atoms with Crippen molar-refractivity contribution in [3.8, 4) is 66.8 Å². The topological polar surface area (TPSA) is 19.6 Å². The molecule has 0 bridgehead atoms. The van der Waals surface area contributed by atoms with Gasteiger partial charge < -0.3 is 14.2 Å². The molecule has 0 aliphatic carbocycles. The van der Waals surface area contributed by atoms with Crippen LogP contribution in [-0.2, 0) is 0 Å². The number of hydrogen-bond donors (Lipinski definition) is 0. The van der Waals surface area contributed by atoms with E-state index in [1.165, 1.54) is 119 Å². The van der Waals surface area contributed by atoms with Gasteiger partial charge in [0.2, 0.25) is 0 Å². The van der Waals surface area contributed by atoms with Crippen molar-refractivity contribution in [2.24, 2.45) is 0 Å². The number of nitrogens with zero attached hydrogens (tertiary/aromatic N) is 2. The highest BCUT2D eigenvalue weighted by Gasteiger charge is 2.19. The summed E-state index contributed by atoms with van der Waals surface area (Å²) in [7, 11) is 0. The molecule has 104 heavy (non-hydrogen) atoms. The number of rotatable bonds is 12. The van der Waals surface area contributed by atoms with Crippen molar-refractivity contribution in [3.63, 3.8) is 0 Å². The Labute approximate surface area is 607 Å². The van der Waals surface area contributed by atoms with E-state index in [2.05, 4.69) is 398 Å². The number of fused-ring (bicyclic) bond motifs is 12. The second-order valence-corrected chi connectivity index (χ2v) is 27.8. The lowest BCUT2D eigenvalue weighted by Gasteiger charge is -2.26. The van der Waals surface area contributed by atoms with Crippen LogP contribution in [0.5, 0.6) is 0 Å². The maximum atomic E-state index is 6.21. The molecular formula is C100H66N2OS. The molecule has 0 saturated carbocycles.